The molecule has 0 aliphatic carbocycles. The van der Waals surface area contributed by atoms with Gasteiger partial charge in [0.25, 0.3) is 0 Å². The van der Waals surface area contributed by atoms with Crippen molar-refractivity contribution in [2.45, 2.75) is 19.4 Å². The van der Waals surface area contributed by atoms with Crippen LogP contribution in [0.3, 0.4) is 0 Å². The van der Waals surface area contributed by atoms with Gasteiger partial charge in [-0.3, -0.25) is 0 Å². The van der Waals surface area contributed by atoms with Crippen LogP contribution < -0.4 is 10.2 Å². The van der Waals surface area contributed by atoms with Crippen LogP contribution in [-0.4, -0.2) is 38.3 Å². The van der Waals surface area contributed by atoms with Gasteiger partial charge < -0.3 is 10.2 Å². The molecule has 0 bridgehead atoms. The molecule has 10 heteroatoms. The Morgan fingerprint density at radius 3 is 2.81 bits per heavy atom. The number of hydrogen-bond donors (Lipinski definition) is 1. The van der Waals surface area contributed by atoms with E-state index < -0.39 is 0 Å². The van der Waals surface area contributed by atoms with Gasteiger partial charge in [-0.1, -0.05) is 34.4 Å². The summed E-state index contributed by atoms with van der Waals surface area (Å²) in [5.74, 6) is 0.768. The molecule has 0 spiro atoms. The van der Waals surface area contributed by atoms with Crippen molar-refractivity contribution >= 4 is 35.0 Å². The second-order valence-electron chi connectivity index (χ2n) is 6.17. The predicted octanol–water partition coefficient (Wildman–Crippen LogP) is 3.72. The van der Waals surface area contributed by atoms with E-state index in [-0.39, 0.29) is 5.82 Å². The van der Waals surface area contributed by atoms with Crippen molar-refractivity contribution in [3.8, 4) is 5.69 Å². The van der Waals surface area contributed by atoms with Crippen LogP contribution in [0.15, 0.2) is 30.5 Å². The van der Waals surface area contributed by atoms with Crippen molar-refractivity contribution in [3.05, 3.63) is 51.9 Å². The van der Waals surface area contributed by atoms with Crippen molar-refractivity contribution in [3.63, 3.8) is 0 Å². The quantitative estimate of drug-likeness (QED) is 0.694. The smallest absolute Gasteiger partial charge is 0.248 e. The second kappa shape index (κ2) is 7.66. The van der Waals surface area contributed by atoms with Gasteiger partial charge in [-0.25, -0.2) is 9.37 Å². The lowest BCUT2D eigenvalue weighted by atomic mass is 10.2. The standard InChI is InChI=1S/C17H16Cl2FN7/c18-13-4-3-5-14(15(13)19)27-17(23-24-25-27)22-9-11-8-12(20)10-21-16(11)26-6-1-2-7-26/h3-5,8,10H,1-2,6-7,9H2,(H,22,23,25). The van der Waals surface area contributed by atoms with Crippen LogP contribution in [0, 0.1) is 5.82 Å². The summed E-state index contributed by atoms with van der Waals surface area (Å²) in [7, 11) is 0. The first-order valence-corrected chi connectivity index (χ1v) is 9.25. The average Bonchev–Trinajstić information content (AvgIpc) is 3.34. The van der Waals surface area contributed by atoms with Gasteiger partial charge in [0, 0.05) is 25.2 Å². The molecule has 0 amide bonds. The maximum absolute atomic E-state index is 13.8. The van der Waals surface area contributed by atoms with E-state index in [9.17, 15) is 4.39 Å². The Kier molecular flexibility index (Phi) is 5.09. The lowest BCUT2D eigenvalue weighted by Gasteiger charge is -2.20. The first-order chi connectivity index (χ1) is 13.1. The second-order valence-corrected chi connectivity index (χ2v) is 6.96. The summed E-state index contributed by atoms with van der Waals surface area (Å²) in [6.45, 7) is 2.15. The Morgan fingerprint density at radius 1 is 1.19 bits per heavy atom. The zero-order valence-electron chi connectivity index (χ0n) is 14.2. The minimum Gasteiger partial charge on any atom is -0.356 e. The highest BCUT2D eigenvalue weighted by atomic mass is 35.5. The first kappa shape index (κ1) is 17.9. The number of rotatable bonds is 5. The molecule has 3 heterocycles. The molecule has 4 rings (SSSR count). The Labute approximate surface area is 165 Å². The number of halogens is 3. The van der Waals surface area contributed by atoms with Crippen molar-refractivity contribution in [2.75, 3.05) is 23.3 Å². The Morgan fingerprint density at radius 2 is 2.00 bits per heavy atom. The van der Waals surface area contributed by atoms with Gasteiger partial charge in [-0.05, 0) is 41.5 Å². The first-order valence-electron chi connectivity index (χ1n) is 8.49. The van der Waals surface area contributed by atoms with Crippen LogP contribution in [0.4, 0.5) is 16.2 Å². The van der Waals surface area contributed by atoms with E-state index in [1.54, 1.807) is 18.2 Å². The number of hydrogen-bond acceptors (Lipinski definition) is 6. The lowest BCUT2D eigenvalue weighted by molar-refractivity contribution is 0.618. The summed E-state index contributed by atoms with van der Waals surface area (Å²) in [4.78, 5) is 6.44. The number of nitrogens with one attached hydrogen (secondary N) is 1. The van der Waals surface area contributed by atoms with Crippen molar-refractivity contribution < 1.29 is 4.39 Å². The van der Waals surface area contributed by atoms with E-state index in [1.807, 2.05) is 0 Å². The molecule has 1 fully saturated rings. The van der Waals surface area contributed by atoms with E-state index >= 15 is 0 Å². The van der Waals surface area contributed by atoms with Crippen molar-refractivity contribution in [1.82, 2.24) is 25.2 Å². The number of aromatic nitrogens is 5. The van der Waals surface area contributed by atoms with E-state index in [0.29, 0.717) is 28.2 Å². The van der Waals surface area contributed by atoms with Crippen LogP contribution in [0.1, 0.15) is 18.4 Å². The largest absolute Gasteiger partial charge is 0.356 e. The third kappa shape index (κ3) is 3.68. The van der Waals surface area contributed by atoms with E-state index in [2.05, 4.69) is 30.7 Å². The molecule has 2 aromatic heterocycles. The summed E-state index contributed by atoms with van der Waals surface area (Å²) < 4.78 is 15.2. The zero-order valence-corrected chi connectivity index (χ0v) is 15.8. The summed E-state index contributed by atoms with van der Waals surface area (Å²) in [6, 6.07) is 6.69. The number of anilines is 2. The molecule has 0 saturated carbocycles. The van der Waals surface area contributed by atoms with Gasteiger partial charge in [0.15, 0.2) is 0 Å². The van der Waals surface area contributed by atoms with Crippen LogP contribution in [0.25, 0.3) is 5.69 Å². The van der Waals surface area contributed by atoms with E-state index in [4.69, 9.17) is 23.2 Å². The molecular weight excluding hydrogens is 392 g/mol. The highest BCUT2D eigenvalue weighted by Gasteiger charge is 2.19. The van der Waals surface area contributed by atoms with Crippen LogP contribution in [0.5, 0.6) is 0 Å². The number of nitrogens with zero attached hydrogens (tertiary/aromatic N) is 6. The number of tetrazole rings is 1. The van der Waals surface area contributed by atoms with Gasteiger partial charge in [-0.15, -0.1) is 0 Å². The molecular formula is C17H16Cl2FN7. The Hall–Kier alpha value is -2.45. The predicted molar refractivity (Wildman–Crippen MR) is 102 cm³/mol. The van der Waals surface area contributed by atoms with Gasteiger partial charge in [-0.2, -0.15) is 4.68 Å². The summed E-state index contributed by atoms with van der Waals surface area (Å²) in [5, 5.41) is 15.5. The molecule has 1 N–H and O–H groups in total. The van der Waals surface area contributed by atoms with Crippen LogP contribution in [0.2, 0.25) is 10.0 Å². The zero-order chi connectivity index (χ0) is 18.8. The Balaban J connectivity index is 1.60. The normalized spacial score (nSPS) is 14.0. The highest BCUT2D eigenvalue weighted by molar-refractivity contribution is 6.43. The molecule has 27 heavy (non-hydrogen) atoms. The monoisotopic (exact) mass is 407 g/mol. The third-order valence-corrected chi connectivity index (χ3v) is 5.19. The fourth-order valence-corrected chi connectivity index (χ4v) is 3.48. The molecule has 3 aromatic rings. The molecule has 1 aliphatic heterocycles. The molecule has 0 unspecified atom stereocenters. The Bertz CT molecular complexity index is 956. The highest BCUT2D eigenvalue weighted by Crippen LogP contribution is 2.29. The molecule has 0 radical (unpaired) electrons. The number of benzene rings is 1. The number of pyridine rings is 1. The van der Waals surface area contributed by atoms with Crippen LogP contribution in [-0.2, 0) is 6.54 Å². The van der Waals surface area contributed by atoms with Crippen molar-refractivity contribution in [2.24, 2.45) is 0 Å². The maximum atomic E-state index is 13.8. The lowest BCUT2D eigenvalue weighted by Crippen LogP contribution is -2.22. The maximum Gasteiger partial charge on any atom is 0.248 e. The molecule has 1 aliphatic rings. The van der Waals surface area contributed by atoms with E-state index in [0.717, 1.165) is 37.3 Å². The minimum absolute atomic E-state index is 0.315. The minimum atomic E-state index is -0.382. The molecule has 140 valence electrons. The van der Waals surface area contributed by atoms with Gasteiger partial charge in [0.1, 0.15) is 11.6 Å². The molecule has 1 saturated heterocycles. The fraction of sp³-hybridized carbons (Fsp3) is 0.294. The van der Waals surface area contributed by atoms with Gasteiger partial charge >= 0.3 is 0 Å². The van der Waals surface area contributed by atoms with Crippen LogP contribution >= 0.6 is 23.2 Å². The van der Waals surface area contributed by atoms with E-state index in [1.165, 1.54) is 16.9 Å². The fourth-order valence-electron chi connectivity index (χ4n) is 3.11. The third-order valence-electron chi connectivity index (χ3n) is 4.38. The molecule has 0 atom stereocenters. The van der Waals surface area contributed by atoms with Gasteiger partial charge in [0.2, 0.25) is 5.95 Å². The van der Waals surface area contributed by atoms with Crippen molar-refractivity contribution in [1.29, 1.82) is 0 Å². The summed E-state index contributed by atoms with van der Waals surface area (Å²) in [5.41, 5.74) is 1.29. The summed E-state index contributed by atoms with van der Waals surface area (Å²) >= 11 is 12.3. The van der Waals surface area contributed by atoms with Gasteiger partial charge in [0.05, 0.1) is 21.9 Å². The SMILES string of the molecule is Fc1cnc(N2CCCC2)c(CNc2nnnn2-c2cccc(Cl)c2Cl)c1. The molecule has 7 nitrogen and oxygen atoms in total. The summed E-state index contributed by atoms with van der Waals surface area (Å²) in [6.07, 6.45) is 3.46. The molecule has 1 aromatic carbocycles. The topological polar surface area (TPSA) is 71.8 Å². The average molecular weight is 408 g/mol.